The molecule has 3 rings (SSSR count). The minimum Gasteiger partial charge on any atom is -0.368 e. The number of halogens is 1. The van der Waals surface area contributed by atoms with Crippen molar-refractivity contribution in [2.24, 2.45) is 0 Å². The van der Waals surface area contributed by atoms with Gasteiger partial charge in [-0.05, 0) is 12.1 Å². The molecule has 0 spiro atoms. The van der Waals surface area contributed by atoms with E-state index in [0.29, 0.717) is 6.42 Å². The summed E-state index contributed by atoms with van der Waals surface area (Å²) >= 11 is 1.53. The number of nitrogens with two attached hydrogens (primary N) is 1. The molecule has 0 saturated carbocycles. The molecule has 0 amide bonds. The zero-order valence-corrected chi connectivity index (χ0v) is 10.1. The molecular weight excluding hydrogens is 251 g/mol. The number of nitrogen functional groups attached to an aromatic ring is 1. The first-order chi connectivity index (χ1) is 8.72. The van der Waals surface area contributed by atoms with E-state index in [1.54, 1.807) is 0 Å². The first-order valence-electron chi connectivity index (χ1n) is 5.34. The van der Waals surface area contributed by atoms with Crippen LogP contribution in [-0.2, 0) is 6.42 Å². The first-order valence-corrected chi connectivity index (χ1v) is 6.15. The minimum atomic E-state index is -0.455. The molecule has 3 aromatic rings. The zero-order chi connectivity index (χ0) is 12.5. The first kappa shape index (κ1) is 11.0. The lowest BCUT2D eigenvalue weighted by Crippen LogP contribution is -2.02. The summed E-state index contributed by atoms with van der Waals surface area (Å²) in [6, 6.07) is 7.80. The van der Waals surface area contributed by atoms with Gasteiger partial charge in [0.25, 0.3) is 0 Å². The summed E-state index contributed by atoms with van der Waals surface area (Å²) < 4.78 is 14.6. The molecule has 0 aliphatic rings. The average molecular weight is 260 g/mol. The molecule has 0 unspecified atom stereocenters. The Hall–Kier alpha value is -2.08. The van der Waals surface area contributed by atoms with Gasteiger partial charge in [-0.25, -0.2) is 19.3 Å². The number of anilines is 1. The SMILES string of the molecule is Nc1ncc(F)c(Cc2nc3ccccc3s2)n1. The van der Waals surface area contributed by atoms with Crippen LogP contribution in [0.25, 0.3) is 10.2 Å². The van der Waals surface area contributed by atoms with E-state index in [9.17, 15) is 4.39 Å². The Morgan fingerprint density at radius 2 is 2.06 bits per heavy atom. The highest BCUT2D eigenvalue weighted by atomic mass is 32.1. The van der Waals surface area contributed by atoms with E-state index in [2.05, 4.69) is 15.0 Å². The highest BCUT2D eigenvalue weighted by molar-refractivity contribution is 7.18. The summed E-state index contributed by atoms with van der Waals surface area (Å²) in [6.45, 7) is 0. The van der Waals surface area contributed by atoms with E-state index in [-0.39, 0.29) is 11.6 Å². The van der Waals surface area contributed by atoms with Gasteiger partial charge in [-0.1, -0.05) is 12.1 Å². The fraction of sp³-hybridized carbons (Fsp3) is 0.0833. The molecule has 0 aliphatic carbocycles. The van der Waals surface area contributed by atoms with E-state index in [4.69, 9.17) is 5.73 Å². The standard InChI is InChI=1S/C12H9FN4S/c13-7-6-15-12(14)17-9(7)5-11-16-8-3-1-2-4-10(8)18-11/h1-4,6H,5H2,(H2,14,15,17). The van der Waals surface area contributed by atoms with Gasteiger partial charge in [0.2, 0.25) is 5.95 Å². The third-order valence-electron chi connectivity index (χ3n) is 2.49. The second kappa shape index (κ2) is 4.30. The maximum absolute atomic E-state index is 13.5. The monoisotopic (exact) mass is 260 g/mol. The van der Waals surface area contributed by atoms with Crippen LogP contribution >= 0.6 is 11.3 Å². The van der Waals surface area contributed by atoms with E-state index >= 15 is 0 Å². The van der Waals surface area contributed by atoms with Crippen LogP contribution in [0.1, 0.15) is 10.7 Å². The second-order valence-electron chi connectivity index (χ2n) is 3.77. The fourth-order valence-corrected chi connectivity index (χ4v) is 2.65. The molecule has 0 fully saturated rings. The van der Waals surface area contributed by atoms with E-state index in [1.807, 2.05) is 24.3 Å². The summed E-state index contributed by atoms with van der Waals surface area (Å²) in [6.07, 6.45) is 1.42. The largest absolute Gasteiger partial charge is 0.368 e. The molecule has 6 heteroatoms. The Labute approximate surface area is 106 Å². The van der Waals surface area contributed by atoms with Crippen molar-refractivity contribution in [2.45, 2.75) is 6.42 Å². The molecule has 0 aliphatic heterocycles. The van der Waals surface area contributed by atoms with Gasteiger partial charge in [-0.2, -0.15) is 0 Å². The van der Waals surface area contributed by atoms with Crippen molar-refractivity contribution in [3.05, 3.63) is 47.0 Å². The Bertz CT molecular complexity index is 677. The topological polar surface area (TPSA) is 64.7 Å². The lowest BCUT2D eigenvalue weighted by atomic mass is 10.3. The average Bonchev–Trinajstić information content (AvgIpc) is 2.76. The summed E-state index contributed by atoms with van der Waals surface area (Å²) in [5, 5.41) is 0.813. The number of thiazole rings is 1. The Morgan fingerprint density at radius 1 is 1.22 bits per heavy atom. The van der Waals surface area contributed by atoms with Crippen molar-refractivity contribution in [2.75, 3.05) is 5.73 Å². The van der Waals surface area contributed by atoms with Crippen LogP contribution < -0.4 is 5.73 Å². The smallest absolute Gasteiger partial charge is 0.220 e. The summed E-state index contributed by atoms with van der Waals surface area (Å²) in [7, 11) is 0. The lowest BCUT2D eigenvalue weighted by Gasteiger charge is -1.99. The van der Waals surface area contributed by atoms with Gasteiger partial charge in [0.05, 0.1) is 27.1 Å². The van der Waals surface area contributed by atoms with Gasteiger partial charge >= 0.3 is 0 Å². The predicted octanol–water partition coefficient (Wildman–Crippen LogP) is 2.40. The Balaban J connectivity index is 1.98. The number of para-hydroxylation sites is 1. The van der Waals surface area contributed by atoms with Crippen LogP contribution in [0.2, 0.25) is 0 Å². The van der Waals surface area contributed by atoms with Crippen LogP contribution in [0.15, 0.2) is 30.5 Å². The summed E-state index contributed by atoms with van der Waals surface area (Å²) in [5.41, 5.74) is 6.65. The molecule has 1 aromatic carbocycles. The molecule has 0 radical (unpaired) electrons. The molecule has 4 nitrogen and oxygen atoms in total. The molecule has 0 saturated heterocycles. The molecule has 0 bridgehead atoms. The van der Waals surface area contributed by atoms with Crippen molar-refractivity contribution in [3.8, 4) is 0 Å². The van der Waals surface area contributed by atoms with E-state index in [0.717, 1.165) is 21.4 Å². The second-order valence-corrected chi connectivity index (χ2v) is 4.89. The number of hydrogen-bond acceptors (Lipinski definition) is 5. The lowest BCUT2D eigenvalue weighted by molar-refractivity contribution is 0.597. The minimum absolute atomic E-state index is 0.0764. The summed E-state index contributed by atoms with van der Waals surface area (Å²) in [4.78, 5) is 11.9. The van der Waals surface area contributed by atoms with Crippen LogP contribution in [0.5, 0.6) is 0 Å². The maximum atomic E-state index is 13.5. The molecule has 2 aromatic heterocycles. The van der Waals surface area contributed by atoms with Gasteiger partial charge in [0, 0.05) is 6.42 Å². The molecule has 2 N–H and O–H groups in total. The van der Waals surface area contributed by atoms with Crippen LogP contribution in [-0.4, -0.2) is 15.0 Å². The van der Waals surface area contributed by atoms with Crippen molar-refractivity contribution < 1.29 is 4.39 Å². The number of rotatable bonds is 2. The summed E-state index contributed by atoms with van der Waals surface area (Å²) in [5.74, 6) is -0.379. The zero-order valence-electron chi connectivity index (χ0n) is 9.30. The maximum Gasteiger partial charge on any atom is 0.220 e. The van der Waals surface area contributed by atoms with Crippen molar-refractivity contribution >= 4 is 27.5 Å². The number of benzene rings is 1. The molecule has 0 atom stereocenters. The number of aromatic nitrogens is 3. The molecule has 90 valence electrons. The third-order valence-corrected chi connectivity index (χ3v) is 3.53. The normalized spacial score (nSPS) is 10.9. The Kier molecular flexibility index (Phi) is 2.64. The van der Waals surface area contributed by atoms with Crippen molar-refractivity contribution in [1.29, 1.82) is 0 Å². The number of hydrogen-bond donors (Lipinski definition) is 1. The van der Waals surface area contributed by atoms with Gasteiger partial charge < -0.3 is 5.73 Å². The predicted molar refractivity (Wildman–Crippen MR) is 68.8 cm³/mol. The number of nitrogens with zero attached hydrogens (tertiary/aromatic N) is 3. The van der Waals surface area contributed by atoms with Crippen molar-refractivity contribution in [3.63, 3.8) is 0 Å². The number of fused-ring (bicyclic) bond motifs is 1. The van der Waals surface area contributed by atoms with E-state index in [1.165, 1.54) is 11.3 Å². The van der Waals surface area contributed by atoms with Gasteiger partial charge in [0.1, 0.15) is 0 Å². The van der Waals surface area contributed by atoms with Gasteiger partial charge in [0.15, 0.2) is 5.82 Å². The fourth-order valence-electron chi connectivity index (χ4n) is 1.68. The molecular formula is C12H9FN4S. The van der Waals surface area contributed by atoms with E-state index < -0.39 is 5.82 Å². The van der Waals surface area contributed by atoms with Crippen molar-refractivity contribution in [1.82, 2.24) is 15.0 Å². The third kappa shape index (κ3) is 2.02. The van der Waals surface area contributed by atoms with Crippen LogP contribution in [0, 0.1) is 5.82 Å². The molecule has 18 heavy (non-hydrogen) atoms. The quantitative estimate of drug-likeness (QED) is 0.768. The van der Waals surface area contributed by atoms with Crippen LogP contribution in [0.4, 0.5) is 10.3 Å². The van der Waals surface area contributed by atoms with Gasteiger partial charge in [-0.3, -0.25) is 0 Å². The Morgan fingerprint density at radius 3 is 2.89 bits per heavy atom. The highest BCUT2D eigenvalue weighted by Crippen LogP contribution is 2.23. The molecule has 2 heterocycles. The van der Waals surface area contributed by atoms with Crippen LogP contribution in [0.3, 0.4) is 0 Å². The van der Waals surface area contributed by atoms with Gasteiger partial charge in [-0.15, -0.1) is 11.3 Å². The highest BCUT2D eigenvalue weighted by Gasteiger charge is 2.10.